The average Bonchev–Trinajstić information content (AvgIpc) is 2.64. The van der Waals surface area contributed by atoms with Crippen molar-refractivity contribution in [3.63, 3.8) is 0 Å². The Morgan fingerprint density at radius 2 is 1.92 bits per heavy atom. The summed E-state index contributed by atoms with van der Waals surface area (Å²) in [5.74, 6) is 0. The van der Waals surface area contributed by atoms with E-state index in [1.807, 2.05) is 0 Å². The van der Waals surface area contributed by atoms with Gasteiger partial charge in [-0.05, 0) is 20.3 Å². The molecule has 1 nitrogen and oxygen atoms in total. The highest BCUT2D eigenvalue weighted by molar-refractivity contribution is 5.00. The standard InChI is InChI=1S/C11H24N/c1-7-11(4)8-10(11)12(5,6)9(2)3/h9-10H,7-8H2,1-6H3/q+1. The van der Waals surface area contributed by atoms with Gasteiger partial charge in [-0.3, -0.25) is 0 Å². The summed E-state index contributed by atoms with van der Waals surface area (Å²) in [6.07, 6.45) is 2.76. The number of hydrogen-bond donors (Lipinski definition) is 0. The summed E-state index contributed by atoms with van der Waals surface area (Å²) in [4.78, 5) is 0. The molecule has 2 unspecified atom stereocenters. The molecule has 2 atom stereocenters. The molecule has 1 saturated carbocycles. The second-order valence-electron chi connectivity index (χ2n) is 5.45. The van der Waals surface area contributed by atoms with Gasteiger partial charge in [0.15, 0.2) is 0 Å². The summed E-state index contributed by atoms with van der Waals surface area (Å²) < 4.78 is 1.20. The zero-order valence-electron chi connectivity index (χ0n) is 9.52. The quantitative estimate of drug-likeness (QED) is 0.571. The minimum atomic E-state index is 0.647. The molecule has 1 heteroatoms. The highest BCUT2D eigenvalue weighted by atomic mass is 15.4. The van der Waals surface area contributed by atoms with Gasteiger partial charge in [-0.2, -0.15) is 0 Å². The van der Waals surface area contributed by atoms with E-state index in [1.54, 1.807) is 0 Å². The van der Waals surface area contributed by atoms with Crippen molar-refractivity contribution in [3.8, 4) is 0 Å². The van der Waals surface area contributed by atoms with Crippen LogP contribution in [0.3, 0.4) is 0 Å². The lowest BCUT2D eigenvalue weighted by atomic mass is 10.0. The third kappa shape index (κ3) is 1.39. The minimum absolute atomic E-state index is 0.647. The molecule has 0 radical (unpaired) electrons. The van der Waals surface area contributed by atoms with Crippen molar-refractivity contribution in [2.24, 2.45) is 5.41 Å². The fourth-order valence-corrected chi connectivity index (χ4v) is 2.16. The summed E-state index contributed by atoms with van der Waals surface area (Å²) in [6.45, 7) is 9.41. The molecule has 12 heavy (non-hydrogen) atoms. The molecule has 0 heterocycles. The maximum absolute atomic E-state index is 2.43. The van der Waals surface area contributed by atoms with Gasteiger partial charge in [-0.25, -0.2) is 0 Å². The van der Waals surface area contributed by atoms with E-state index in [0.717, 1.165) is 12.1 Å². The molecule has 0 aromatic carbocycles. The van der Waals surface area contributed by atoms with Crippen LogP contribution < -0.4 is 0 Å². The maximum atomic E-state index is 2.43. The van der Waals surface area contributed by atoms with Crippen LogP contribution in [0.5, 0.6) is 0 Å². The first-order valence-electron chi connectivity index (χ1n) is 5.18. The van der Waals surface area contributed by atoms with Gasteiger partial charge >= 0.3 is 0 Å². The van der Waals surface area contributed by atoms with E-state index in [2.05, 4.69) is 41.8 Å². The van der Waals surface area contributed by atoms with Crippen molar-refractivity contribution >= 4 is 0 Å². The first-order chi connectivity index (χ1) is 5.34. The van der Waals surface area contributed by atoms with Crippen LogP contribution in [0.1, 0.15) is 40.5 Å². The highest BCUT2D eigenvalue weighted by Gasteiger charge is 2.58. The Labute approximate surface area is 77.4 Å². The van der Waals surface area contributed by atoms with Gasteiger partial charge < -0.3 is 4.48 Å². The van der Waals surface area contributed by atoms with Crippen molar-refractivity contribution in [1.82, 2.24) is 0 Å². The summed E-state index contributed by atoms with van der Waals surface area (Å²) in [6, 6.07) is 1.66. The minimum Gasteiger partial charge on any atom is -0.324 e. The predicted molar refractivity (Wildman–Crippen MR) is 54.0 cm³/mol. The zero-order valence-corrected chi connectivity index (χ0v) is 9.52. The van der Waals surface area contributed by atoms with E-state index in [0.29, 0.717) is 5.41 Å². The molecule has 1 fully saturated rings. The molecule has 1 rings (SSSR count). The Balaban J connectivity index is 2.63. The first kappa shape index (κ1) is 10.0. The highest BCUT2D eigenvalue weighted by Crippen LogP contribution is 2.54. The van der Waals surface area contributed by atoms with E-state index in [1.165, 1.54) is 17.3 Å². The molecule has 1 aliphatic rings. The van der Waals surface area contributed by atoms with Crippen LogP contribution in [0.15, 0.2) is 0 Å². The molecule has 0 bridgehead atoms. The predicted octanol–water partition coefficient (Wildman–Crippen LogP) is 2.66. The van der Waals surface area contributed by atoms with Crippen LogP contribution in [0, 0.1) is 5.41 Å². The Kier molecular flexibility index (Phi) is 2.28. The van der Waals surface area contributed by atoms with Crippen molar-refractivity contribution < 1.29 is 4.48 Å². The van der Waals surface area contributed by atoms with Crippen molar-refractivity contribution in [2.45, 2.75) is 52.6 Å². The number of quaternary nitrogens is 1. The smallest absolute Gasteiger partial charge is 0.0952 e. The normalized spacial score (nSPS) is 35.8. The van der Waals surface area contributed by atoms with Gasteiger partial charge in [0.05, 0.1) is 26.2 Å². The SMILES string of the molecule is CCC1(C)CC1[N+](C)(C)C(C)C. The van der Waals surface area contributed by atoms with E-state index < -0.39 is 0 Å². The van der Waals surface area contributed by atoms with Crippen LogP contribution in [-0.4, -0.2) is 30.7 Å². The van der Waals surface area contributed by atoms with Gasteiger partial charge in [0, 0.05) is 11.8 Å². The second-order valence-corrected chi connectivity index (χ2v) is 5.45. The molecular formula is C11H24N+. The van der Waals surface area contributed by atoms with Gasteiger partial charge in [0.2, 0.25) is 0 Å². The average molecular weight is 170 g/mol. The number of rotatable bonds is 3. The van der Waals surface area contributed by atoms with Crippen molar-refractivity contribution in [3.05, 3.63) is 0 Å². The molecule has 0 aromatic rings. The molecule has 0 saturated heterocycles. The van der Waals surface area contributed by atoms with Crippen LogP contribution in [0.4, 0.5) is 0 Å². The molecule has 0 aliphatic heterocycles. The molecule has 72 valence electrons. The zero-order chi connectivity index (χ0) is 9.57. The molecule has 1 aliphatic carbocycles. The second kappa shape index (κ2) is 2.73. The fourth-order valence-electron chi connectivity index (χ4n) is 2.16. The number of hydrogen-bond acceptors (Lipinski definition) is 0. The number of nitrogens with zero attached hydrogens (tertiary/aromatic N) is 1. The Bertz CT molecular complexity index is 172. The summed E-state index contributed by atoms with van der Waals surface area (Å²) in [5, 5.41) is 0. The van der Waals surface area contributed by atoms with Gasteiger partial charge in [-0.15, -0.1) is 0 Å². The lowest BCUT2D eigenvalue weighted by Gasteiger charge is -2.36. The van der Waals surface area contributed by atoms with Gasteiger partial charge in [0.25, 0.3) is 0 Å². The van der Waals surface area contributed by atoms with Gasteiger partial charge in [0.1, 0.15) is 0 Å². The van der Waals surface area contributed by atoms with Crippen LogP contribution in [0.25, 0.3) is 0 Å². The van der Waals surface area contributed by atoms with Crippen LogP contribution in [0.2, 0.25) is 0 Å². The summed E-state index contributed by atoms with van der Waals surface area (Å²) >= 11 is 0. The van der Waals surface area contributed by atoms with E-state index in [9.17, 15) is 0 Å². The monoisotopic (exact) mass is 170 g/mol. The van der Waals surface area contributed by atoms with E-state index >= 15 is 0 Å². The molecule has 0 amide bonds. The van der Waals surface area contributed by atoms with Crippen LogP contribution in [-0.2, 0) is 0 Å². The van der Waals surface area contributed by atoms with E-state index in [-0.39, 0.29) is 0 Å². The van der Waals surface area contributed by atoms with Crippen LogP contribution >= 0.6 is 0 Å². The summed E-state index contributed by atoms with van der Waals surface area (Å²) in [5.41, 5.74) is 0.647. The first-order valence-corrected chi connectivity index (χ1v) is 5.18. The topological polar surface area (TPSA) is 0 Å². The lowest BCUT2D eigenvalue weighted by molar-refractivity contribution is -0.924. The molecule has 0 spiro atoms. The Morgan fingerprint density at radius 1 is 1.42 bits per heavy atom. The lowest BCUT2D eigenvalue weighted by Crippen LogP contribution is -2.49. The van der Waals surface area contributed by atoms with Crippen molar-refractivity contribution in [2.75, 3.05) is 14.1 Å². The third-order valence-corrected chi connectivity index (χ3v) is 4.25. The van der Waals surface area contributed by atoms with E-state index in [4.69, 9.17) is 0 Å². The Hall–Kier alpha value is -0.0400. The Morgan fingerprint density at radius 3 is 2.17 bits per heavy atom. The van der Waals surface area contributed by atoms with Crippen molar-refractivity contribution in [1.29, 1.82) is 0 Å². The van der Waals surface area contributed by atoms with Gasteiger partial charge in [-0.1, -0.05) is 13.8 Å². The fraction of sp³-hybridized carbons (Fsp3) is 1.00. The largest absolute Gasteiger partial charge is 0.324 e. The molecule has 0 N–H and O–H groups in total. The molecule has 0 aromatic heterocycles. The molecular weight excluding hydrogens is 146 g/mol. The maximum Gasteiger partial charge on any atom is 0.0952 e. The summed E-state index contributed by atoms with van der Waals surface area (Å²) in [7, 11) is 4.74. The third-order valence-electron chi connectivity index (χ3n) is 4.25.